The van der Waals surface area contributed by atoms with Gasteiger partial charge in [0.2, 0.25) is 11.8 Å². The zero-order valence-electron chi connectivity index (χ0n) is 23.7. The van der Waals surface area contributed by atoms with E-state index in [9.17, 15) is 10.1 Å². The van der Waals surface area contributed by atoms with Crippen molar-refractivity contribution in [2.24, 2.45) is 0 Å². The molecule has 0 N–H and O–H groups in total. The molecule has 0 aliphatic carbocycles. The summed E-state index contributed by atoms with van der Waals surface area (Å²) in [5, 5.41) is 9.52. The molecule has 0 bridgehead atoms. The quantitative estimate of drug-likeness (QED) is 0.392. The van der Waals surface area contributed by atoms with Crippen LogP contribution in [0, 0.1) is 11.3 Å². The maximum Gasteiger partial charge on any atom is 0.414 e. The summed E-state index contributed by atoms with van der Waals surface area (Å²) in [4.78, 5) is 33.7. The third kappa shape index (κ3) is 6.02. The molecule has 1 amide bonds. The zero-order chi connectivity index (χ0) is 28.8. The summed E-state index contributed by atoms with van der Waals surface area (Å²) in [5.74, 6) is 0.979. The van der Waals surface area contributed by atoms with Gasteiger partial charge in [-0.2, -0.15) is 5.26 Å². The SMILES string of the molecule is CCOC(=O)N1c2ccc(OC)nc2C(N(Cc2cccc(C#N)c2)c2ncc(N3CCOCC3)cn2)C[C@H]1CC. The van der Waals surface area contributed by atoms with E-state index in [1.807, 2.05) is 36.7 Å². The Bertz CT molecular complexity index is 1390. The molecule has 1 saturated heterocycles. The smallest absolute Gasteiger partial charge is 0.414 e. The molecule has 2 aliphatic rings. The third-order valence-corrected chi connectivity index (χ3v) is 7.50. The molecule has 2 aromatic heterocycles. The van der Waals surface area contributed by atoms with Crippen LogP contribution in [0.5, 0.6) is 5.88 Å². The fourth-order valence-electron chi connectivity index (χ4n) is 5.45. The van der Waals surface area contributed by atoms with E-state index in [2.05, 4.69) is 22.8 Å². The van der Waals surface area contributed by atoms with Gasteiger partial charge in [0.1, 0.15) is 0 Å². The van der Waals surface area contributed by atoms with Gasteiger partial charge in [-0.25, -0.2) is 19.7 Å². The van der Waals surface area contributed by atoms with E-state index in [4.69, 9.17) is 29.2 Å². The molecule has 11 heteroatoms. The molecule has 4 heterocycles. The van der Waals surface area contributed by atoms with Crippen LogP contribution in [0.3, 0.4) is 0 Å². The van der Waals surface area contributed by atoms with Crippen LogP contribution in [0.4, 0.5) is 22.1 Å². The Balaban J connectivity index is 1.59. The van der Waals surface area contributed by atoms with E-state index in [0.717, 1.165) is 30.8 Å². The number of hydrogen-bond donors (Lipinski definition) is 0. The first-order valence-corrected chi connectivity index (χ1v) is 14.0. The molecule has 2 atom stereocenters. The van der Waals surface area contributed by atoms with Crippen LogP contribution in [-0.2, 0) is 16.0 Å². The van der Waals surface area contributed by atoms with Gasteiger partial charge >= 0.3 is 6.09 Å². The van der Waals surface area contributed by atoms with Crippen LogP contribution in [0.2, 0.25) is 0 Å². The largest absolute Gasteiger partial charge is 0.481 e. The Morgan fingerprint density at radius 2 is 1.95 bits per heavy atom. The number of pyridine rings is 1. The van der Waals surface area contributed by atoms with Crippen LogP contribution in [-0.4, -0.2) is 67.1 Å². The summed E-state index contributed by atoms with van der Waals surface area (Å²) in [6.45, 7) is 7.49. The fourth-order valence-corrected chi connectivity index (χ4v) is 5.45. The van der Waals surface area contributed by atoms with Crippen LogP contribution >= 0.6 is 0 Å². The standard InChI is InChI=1S/C30H35N7O4/c1-4-23-16-26(28-25(9-10-27(34-28)39-3)37(23)30(38)41-5-2)36(20-22-8-6-7-21(15-22)17-31)29-32-18-24(19-33-29)35-11-13-40-14-12-35/h6-10,15,18-19,23,26H,4-5,11-14,16,20H2,1-3H3/t23-,26?/m1/s1. The lowest BCUT2D eigenvalue weighted by Crippen LogP contribution is -2.48. The summed E-state index contributed by atoms with van der Waals surface area (Å²) < 4.78 is 16.4. The molecule has 3 aromatic rings. The van der Waals surface area contributed by atoms with E-state index < -0.39 is 6.09 Å². The van der Waals surface area contributed by atoms with Gasteiger partial charge in [0, 0.05) is 31.7 Å². The van der Waals surface area contributed by atoms with Gasteiger partial charge in [-0.15, -0.1) is 0 Å². The molecule has 0 saturated carbocycles. The lowest BCUT2D eigenvalue weighted by atomic mass is 9.92. The predicted molar refractivity (Wildman–Crippen MR) is 154 cm³/mol. The van der Waals surface area contributed by atoms with Crippen LogP contribution in [0.15, 0.2) is 48.8 Å². The van der Waals surface area contributed by atoms with Crippen molar-refractivity contribution in [3.05, 3.63) is 65.6 Å². The van der Waals surface area contributed by atoms with Gasteiger partial charge in [-0.3, -0.25) is 4.90 Å². The first-order valence-electron chi connectivity index (χ1n) is 14.0. The number of fused-ring (bicyclic) bond motifs is 1. The normalized spacial score (nSPS) is 18.3. The molecular weight excluding hydrogens is 522 g/mol. The average molecular weight is 558 g/mol. The number of benzene rings is 1. The first kappa shape index (κ1) is 28.1. The van der Waals surface area contributed by atoms with Crippen LogP contribution < -0.4 is 19.4 Å². The minimum absolute atomic E-state index is 0.137. The number of nitriles is 1. The number of aromatic nitrogens is 3. The molecule has 11 nitrogen and oxygen atoms in total. The molecule has 1 aromatic carbocycles. The van der Waals surface area contributed by atoms with E-state index in [0.29, 0.717) is 55.0 Å². The molecule has 0 radical (unpaired) electrons. The van der Waals surface area contributed by atoms with Gasteiger partial charge in [0.05, 0.1) is 74.1 Å². The number of ether oxygens (including phenoxy) is 3. The fraction of sp³-hybridized carbons (Fsp3) is 0.433. The van der Waals surface area contributed by atoms with Gasteiger partial charge < -0.3 is 24.0 Å². The maximum absolute atomic E-state index is 13.1. The highest BCUT2D eigenvalue weighted by Gasteiger charge is 2.40. The minimum atomic E-state index is -0.398. The summed E-state index contributed by atoms with van der Waals surface area (Å²) >= 11 is 0. The molecule has 1 unspecified atom stereocenters. The van der Waals surface area contributed by atoms with Crippen LogP contribution in [0.1, 0.15) is 49.6 Å². The molecule has 41 heavy (non-hydrogen) atoms. The number of hydrogen-bond acceptors (Lipinski definition) is 10. The highest BCUT2D eigenvalue weighted by molar-refractivity contribution is 5.90. The number of anilines is 3. The molecule has 214 valence electrons. The van der Waals surface area contributed by atoms with Crippen molar-refractivity contribution in [2.75, 3.05) is 54.7 Å². The Morgan fingerprint density at radius 3 is 2.63 bits per heavy atom. The first-order chi connectivity index (χ1) is 20.1. The van der Waals surface area contributed by atoms with Gasteiger partial charge in [0.15, 0.2) is 0 Å². The number of methoxy groups -OCH3 is 1. The molecule has 1 fully saturated rings. The number of carbonyl (C=O) groups excluding carboxylic acids is 1. The molecule has 0 spiro atoms. The van der Waals surface area contributed by atoms with Crippen molar-refractivity contribution in [2.45, 2.75) is 45.3 Å². The predicted octanol–water partition coefficient (Wildman–Crippen LogP) is 4.48. The lowest BCUT2D eigenvalue weighted by Gasteiger charge is -2.43. The van der Waals surface area contributed by atoms with Crippen molar-refractivity contribution in [3.63, 3.8) is 0 Å². The summed E-state index contributed by atoms with van der Waals surface area (Å²) in [6.07, 6.45) is 4.59. The number of morpholine rings is 1. The lowest BCUT2D eigenvalue weighted by molar-refractivity contribution is 0.122. The Hall–Kier alpha value is -4.43. The second-order valence-corrected chi connectivity index (χ2v) is 9.92. The third-order valence-electron chi connectivity index (χ3n) is 7.50. The van der Waals surface area contributed by atoms with E-state index >= 15 is 0 Å². The van der Waals surface area contributed by atoms with Gasteiger partial charge in [-0.05, 0) is 43.5 Å². The number of nitrogens with zero attached hydrogens (tertiary/aromatic N) is 7. The van der Waals surface area contributed by atoms with E-state index in [1.54, 1.807) is 31.1 Å². The summed E-state index contributed by atoms with van der Waals surface area (Å²) in [6, 6.07) is 13.0. The Morgan fingerprint density at radius 1 is 1.17 bits per heavy atom. The number of carbonyl (C=O) groups is 1. The van der Waals surface area contributed by atoms with Crippen molar-refractivity contribution in [1.29, 1.82) is 5.26 Å². The van der Waals surface area contributed by atoms with Crippen molar-refractivity contribution >= 4 is 23.4 Å². The van der Waals surface area contributed by atoms with Gasteiger partial charge in [-0.1, -0.05) is 19.1 Å². The Labute approximate surface area is 240 Å². The highest BCUT2D eigenvalue weighted by Crippen LogP contribution is 2.43. The minimum Gasteiger partial charge on any atom is -0.481 e. The second kappa shape index (κ2) is 12.8. The molecular formula is C30H35N7O4. The monoisotopic (exact) mass is 557 g/mol. The topological polar surface area (TPSA) is 117 Å². The van der Waals surface area contributed by atoms with Crippen LogP contribution in [0.25, 0.3) is 0 Å². The van der Waals surface area contributed by atoms with E-state index in [-0.39, 0.29) is 18.7 Å². The van der Waals surface area contributed by atoms with Gasteiger partial charge in [0.25, 0.3) is 0 Å². The highest BCUT2D eigenvalue weighted by atomic mass is 16.6. The van der Waals surface area contributed by atoms with Crippen molar-refractivity contribution in [3.8, 4) is 11.9 Å². The zero-order valence-corrected chi connectivity index (χ0v) is 23.7. The van der Waals surface area contributed by atoms with Crippen molar-refractivity contribution in [1.82, 2.24) is 15.0 Å². The Kier molecular flexibility index (Phi) is 8.79. The number of amides is 1. The second-order valence-electron chi connectivity index (χ2n) is 9.92. The van der Waals surface area contributed by atoms with E-state index in [1.165, 1.54) is 0 Å². The number of rotatable bonds is 8. The molecule has 5 rings (SSSR count). The average Bonchev–Trinajstić information content (AvgIpc) is 3.03. The summed E-state index contributed by atoms with van der Waals surface area (Å²) in [5.41, 5.74) is 3.81. The maximum atomic E-state index is 13.1. The summed E-state index contributed by atoms with van der Waals surface area (Å²) in [7, 11) is 1.57. The molecule has 2 aliphatic heterocycles. The van der Waals surface area contributed by atoms with Crippen molar-refractivity contribution < 1.29 is 19.0 Å².